The van der Waals surface area contributed by atoms with Gasteiger partial charge in [0, 0.05) is 78.6 Å². The maximum atomic E-state index is 14.8. The summed E-state index contributed by atoms with van der Waals surface area (Å²) in [5.41, 5.74) is 19.0. The van der Waals surface area contributed by atoms with Crippen LogP contribution in [0.3, 0.4) is 0 Å². The molecule has 0 N–H and O–H groups in total. The highest BCUT2D eigenvalue weighted by atomic mass is 19.1. The Balaban J connectivity index is 0.823. The summed E-state index contributed by atoms with van der Waals surface area (Å²) in [5.74, 6) is -0.421. The highest BCUT2D eigenvalue weighted by Gasteiger charge is 2.38. The maximum Gasteiger partial charge on any atom is 0.136 e. The molecule has 416 valence electrons. The number of aryl methyl sites for hydroxylation is 2. The van der Waals surface area contributed by atoms with Crippen LogP contribution in [0.1, 0.15) is 75.3 Å². The van der Waals surface area contributed by atoms with Gasteiger partial charge in [-0.05, 0) is 226 Å². The van der Waals surface area contributed by atoms with E-state index in [1.54, 1.807) is 12.1 Å². The Hall–Kier alpha value is -9.72. The van der Waals surface area contributed by atoms with Gasteiger partial charge in [0.25, 0.3) is 0 Å². The van der Waals surface area contributed by atoms with Crippen molar-refractivity contribution >= 4 is 111 Å². The van der Waals surface area contributed by atoms with Gasteiger partial charge >= 0.3 is 0 Å². The number of para-hydroxylation sites is 1. The lowest BCUT2D eigenvalue weighted by molar-refractivity contribution is 0.590. The Bertz CT molecular complexity index is 4900. The molecule has 2 unspecified atom stereocenters. The van der Waals surface area contributed by atoms with Crippen molar-refractivity contribution < 1.29 is 13.2 Å². The molecule has 7 heteroatoms. The summed E-state index contributed by atoms with van der Waals surface area (Å²) < 4.78 is 38.8. The van der Waals surface area contributed by atoms with Crippen molar-refractivity contribution in [1.29, 1.82) is 0 Å². The average Bonchev–Trinajstić information content (AvgIpc) is 2.97. The number of furan rings is 1. The summed E-state index contributed by atoms with van der Waals surface area (Å²) in [7, 11) is 0. The summed E-state index contributed by atoms with van der Waals surface area (Å²) in [6.45, 7) is 17.8. The molecule has 0 saturated heterocycles. The van der Waals surface area contributed by atoms with Crippen molar-refractivity contribution in [1.82, 2.24) is 4.57 Å². The van der Waals surface area contributed by atoms with Crippen LogP contribution in [-0.2, 0) is 10.8 Å². The SMILES string of the molecule is Cc1c(N(c2ccc(F)cc2)c2ccc3c(c2)C2C=CC=CC2N3c2ccc(C(C)(C)C)cc2)ccc2cc3c(cc12)oc1cc2c(C)c(N(c4ccc(F)cc4)c4ccc5c(c4)c4ccccc4n5-c4ccc(C(C)(C)C)cc4)ccc2cc13. The van der Waals surface area contributed by atoms with Crippen LogP contribution in [0, 0.1) is 25.5 Å². The normalized spacial score (nSPS) is 15.1. The Labute approximate surface area is 494 Å². The molecule has 2 atom stereocenters. The third kappa shape index (κ3) is 8.61. The molecule has 1 aliphatic carbocycles. The lowest BCUT2D eigenvalue weighted by atomic mass is 9.87. The van der Waals surface area contributed by atoms with E-state index in [4.69, 9.17) is 4.42 Å². The second-order valence-electron chi connectivity index (χ2n) is 25.3. The first kappa shape index (κ1) is 52.1. The van der Waals surface area contributed by atoms with Gasteiger partial charge in [-0.25, -0.2) is 8.78 Å². The van der Waals surface area contributed by atoms with Crippen LogP contribution in [0.5, 0.6) is 0 Å². The molecule has 85 heavy (non-hydrogen) atoms. The number of aromatic nitrogens is 1. The fourth-order valence-electron chi connectivity index (χ4n) is 13.6. The predicted molar refractivity (Wildman–Crippen MR) is 353 cm³/mol. The van der Waals surface area contributed by atoms with E-state index in [1.165, 1.54) is 34.5 Å². The lowest BCUT2D eigenvalue weighted by Crippen LogP contribution is -2.28. The summed E-state index contributed by atoms with van der Waals surface area (Å²) in [6.07, 6.45) is 8.95. The zero-order chi connectivity index (χ0) is 58.2. The number of hydrogen-bond donors (Lipinski definition) is 0. The van der Waals surface area contributed by atoms with Crippen LogP contribution in [-0.4, -0.2) is 10.6 Å². The molecule has 0 amide bonds. The van der Waals surface area contributed by atoms with Crippen LogP contribution in [0.4, 0.5) is 54.3 Å². The first-order chi connectivity index (χ1) is 41.0. The molecule has 0 saturated carbocycles. The molecule has 0 bridgehead atoms. The molecule has 0 fully saturated rings. The number of allylic oxidation sites excluding steroid dienone is 2. The predicted octanol–water partition coefficient (Wildman–Crippen LogP) is 22.1. The zero-order valence-electron chi connectivity index (χ0n) is 49.0. The molecule has 11 aromatic carbocycles. The molecule has 15 rings (SSSR count). The molecular formula is C78H64F2N4O. The molecule has 3 heterocycles. The standard InChI is InChI=1S/C78H64F2N4O/c1-47-63-45-75-67(41-49(63)17-37-69(47)81(55-31-23-53(79)24-32-55)59-35-39-73-65(43-59)61-13-9-11-15-71(61)83(73)57-27-19-51(20-28-57)77(3,4)5)68-42-50-18-38-70(48(2)64(50)46-76(68)85-75)82(56-33-25-54(80)26-34-56)60-36-40-74-66(44-60)62-14-10-12-16-72(62)84(74)58-29-21-52(22-30-58)78(6,7)8/h9-46,61,71H,1-8H3. The maximum absolute atomic E-state index is 14.8. The van der Waals surface area contributed by atoms with Crippen molar-refractivity contribution in [2.24, 2.45) is 0 Å². The van der Waals surface area contributed by atoms with Crippen LogP contribution < -0.4 is 14.7 Å². The van der Waals surface area contributed by atoms with Crippen LogP contribution in [0.25, 0.3) is 71.0 Å². The van der Waals surface area contributed by atoms with Crippen molar-refractivity contribution in [2.45, 2.75) is 78.2 Å². The number of anilines is 8. The number of halogens is 2. The molecule has 1 aliphatic heterocycles. The number of nitrogens with zero attached hydrogens (tertiary/aromatic N) is 4. The fraction of sp³-hybridized carbons (Fsp3) is 0.154. The molecular weight excluding hydrogens is 1050 g/mol. The Morgan fingerprint density at radius 1 is 0.424 bits per heavy atom. The smallest absolute Gasteiger partial charge is 0.136 e. The number of rotatable bonds is 8. The van der Waals surface area contributed by atoms with Gasteiger partial charge in [-0.15, -0.1) is 0 Å². The van der Waals surface area contributed by atoms with Crippen molar-refractivity contribution in [3.05, 3.63) is 270 Å². The van der Waals surface area contributed by atoms with Gasteiger partial charge < -0.3 is 23.7 Å². The number of fused-ring (bicyclic) bond motifs is 11. The van der Waals surface area contributed by atoms with E-state index in [1.807, 2.05) is 24.3 Å². The Morgan fingerprint density at radius 3 is 1.48 bits per heavy atom. The van der Waals surface area contributed by atoms with E-state index in [0.717, 1.165) is 122 Å². The molecule has 0 spiro atoms. The number of hydrogen-bond acceptors (Lipinski definition) is 4. The second-order valence-corrected chi connectivity index (χ2v) is 25.3. The van der Waals surface area contributed by atoms with Gasteiger partial charge in [0.2, 0.25) is 0 Å². The van der Waals surface area contributed by atoms with Gasteiger partial charge in [0.15, 0.2) is 0 Å². The van der Waals surface area contributed by atoms with Gasteiger partial charge in [0.1, 0.15) is 22.8 Å². The van der Waals surface area contributed by atoms with Crippen LogP contribution >= 0.6 is 0 Å². The summed E-state index contributed by atoms with van der Waals surface area (Å²) in [4.78, 5) is 6.98. The summed E-state index contributed by atoms with van der Waals surface area (Å²) in [5, 5.41) is 8.68. The molecule has 13 aromatic rings. The quantitative estimate of drug-likeness (QED) is 0.152. The third-order valence-electron chi connectivity index (χ3n) is 18.1. The van der Waals surface area contributed by atoms with Gasteiger partial charge in [0.05, 0.1) is 17.1 Å². The molecule has 2 aliphatic rings. The fourth-order valence-corrected chi connectivity index (χ4v) is 13.6. The number of benzene rings is 11. The van der Waals surface area contributed by atoms with Gasteiger partial charge in [-0.3, -0.25) is 0 Å². The lowest BCUT2D eigenvalue weighted by Gasteiger charge is -2.30. The topological polar surface area (TPSA) is 27.8 Å². The minimum atomic E-state index is -0.288. The largest absolute Gasteiger partial charge is 0.456 e. The second kappa shape index (κ2) is 19.4. The average molecular weight is 1110 g/mol. The highest BCUT2D eigenvalue weighted by Crippen LogP contribution is 2.52. The summed E-state index contributed by atoms with van der Waals surface area (Å²) >= 11 is 0. The van der Waals surface area contributed by atoms with Crippen molar-refractivity contribution in [2.75, 3.05) is 14.7 Å². The van der Waals surface area contributed by atoms with Crippen molar-refractivity contribution in [3.63, 3.8) is 0 Å². The Morgan fingerprint density at radius 2 is 0.918 bits per heavy atom. The van der Waals surface area contributed by atoms with E-state index in [2.05, 4.69) is 257 Å². The minimum Gasteiger partial charge on any atom is -0.456 e. The zero-order valence-corrected chi connectivity index (χ0v) is 49.0. The highest BCUT2D eigenvalue weighted by molar-refractivity contribution is 6.16. The monoisotopic (exact) mass is 1110 g/mol. The minimum absolute atomic E-state index is 0.0433. The van der Waals surface area contributed by atoms with Crippen LogP contribution in [0.2, 0.25) is 0 Å². The van der Waals surface area contributed by atoms with E-state index < -0.39 is 0 Å². The van der Waals surface area contributed by atoms with E-state index in [0.29, 0.717) is 0 Å². The molecule has 2 aromatic heterocycles. The first-order valence-electron chi connectivity index (χ1n) is 29.5. The van der Waals surface area contributed by atoms with Gasteiger partial charge in [-0.1, -0.05) is 120 Å². The van der Waals surface area contributed by atoms with E-state index in [9.17, 15) is 8.78 Å². The van der Waals surface area contributed by atoms with Crippen molar-refractivity contribution in [3.8, 4) is 5.69 Å². The third-order valence-corrected chi connectivity index (χ3v) is 18.1. The summed E-state index contributed by atoms with van der Waals surface area (Å²) in [6, 6.07) is 71.5. The van der Waals surface area contributed by atoms with Gasteiger partial charge in [-0.2, -0.15) is 0 Å². The molecule has 5 nitrogen and oxygen atoms in total. The Kier molecular flexibility index (Phi) is 11.9. The molecule has 0 radical (unpaired) electrons. The first-order valence-corrected chi connectivity index (χ1v) is 29.5. The van der Waals surface area contributed by atoms with E-state index >= 15 is 0 Å². The van der Waals surface area contributed by atoms with Crippen LogP contribution in [0.15, 0.2) is 235 Å². The van der Waals surface area contributed by atoms with E-state index in [-0.39, 0.29) is 34.4 Å².